The predicted molar refractivity (Wildman–Crippen MR) is 159 cm³/mol. The molecule has 0 aliphatic heterocycles. The van der Waals surface area contributed by atoms with E-state index >= 15 is 0 Å². The van der Waals surface area contributed by atoms with Gasteiger partial charge in [0.05, 0.1) is 29.0 Å². The van der Waals surface area contributed by atoms with Crippen LogP contribution in [0.2, 0.25) is 10.0 Å². The number of carbonyl (C=O) groups is 2. The maximum Gasteiger partial charge on any atom is 0.331 e. The molecule has 39 heavy (non-hydrogen) atoms. The number of thiazole rings is 1. The molecule has 0 fully saturated rings. The van der Waals surface area contributed by atoms with Gasteiger partial charge >= 0.3 is 5.97 Å². The second-order valence-corrected chi connectivity index (χ2v) is 10.6. The molecular formula is C29H32Cl2N2O5S. The van der Waals surface area contributed by atoms with E-state index in [1.54, 1.807) is 7.11 Å². The number of aromatic nitrogens is 1. The van der Waals surface area contributed by atoms with Crippen molar-refractivity contribution in [1.29, 1.82) is 0 Å². The Morgan fingerprint density at radius 2 is 1.90 bits per heavy atom. The van der Waals surface area contributed by atoms with Crippen LogP contribution in [-0.2, 0) is 4.79 Å². The Morgan fingerprint density at radius 1 is 1.18 bits per heavy atom. The zero-order valence-electron chi connectivity index (χ0n) is 22.3. The predicted octanol–water partition coefficient (Wildman–Crippen LogP) is 8.60. The third kappa shape index (κ3) is 7.97. The molecule has 0 saturated heterocycles. The van der Waals surface area contributed by atoms with Gasteiger partial charge in [-0.25, -0.2) is 9.78 Å². The van der Waals surface area contributed by atoms with Gasteiger partial charge in [0.2, 0.25) is 0 Å². The molecule has 1 aromatic heterocycles. The zero-order chi connectivity index (χ0) is 28.5. The van der Waals surface area contributed by atoms with Crippen molar-refractivity contribution in [3.63, 3.8) is 0 Å². The van der Waals surface area contributed by atoms with Crippen molar-refractivity contribution in [2.75, 3.05) is 12.4 Å². The molecule has 1 amide bonds. The number of unbranched alkanes of at least 4 members (excludes halogenated alkanes) is 2. The number of benzene rings is 2. The molecule has 2 aromatic carbocycles. The summed E-state index contributed by atoms with van der Waals surface area (Å²) in [5.74, 6) is -0.288. The number of ether oxygens (including phenoxy) is 2. The van der Waals surface area contributed by atoms with Gasteiger partial charge in [-0.2, -0.15) is 0 Å². The molecule has 0 saturated carbocycles. The van der Waals surface area contributed by atoms with Gasteiger partial charge in [0.1, 0.15) is 0 Å². The van der Waals surface area contributed by atoms with E-state index in [2.05, 4.69) is 24.1 Å². The zero-order valence-corrected chi connectivity index (χ0v) is 24.7. The molecule has 7 nitrogen and oxygen atoms in total. The molecule has 1 heterocycles. The van der Waals surface area contributed by atoms with Crippen molar-refractivity contribution >= 4 is 57.6 Å². The van der Waals surface area contributed by atoms with Crippen LogP contribution in [0.25, 0.3) is 17.3 Å². The Hall–Kier alpha value is -3.07. The average molecular weight is 592 g/mol. The first-order valence-corrected chi connectivity index (χ1v) is 14.3. The molecule has 3 rings (SSSR count). The van der Waals surface area contributed by atoms with Crippen LogP contribution < -0.4 is 14.8 Å². The summed E-state index contributed by atoms with van der Waals surface area (Å²) in [5, 5.41) is 14.4. The minimum atomic E-state index is -1.09. The number of halogens is 2. The molecule has 2 N–H and O–H groups in total. The van der Waals surface area contributed by atoms with E-state index in [9.17, 15) is 9.59 Å². The SMILES string of the molecule is CCCCC[C@H](CC)Oc1cccc(-c2csc(NC(=O)c3cc(Cl)c(/C=C(\C)C(=O)O)c(Cl)c3)n2)c1OC. The summed E-state index contributed by atoms with van der Waals surface area (Å²) in [4.78, 5) is 28.7. The molecule has 0 aliphatic rings. The fraction of sp³-hybridized carbons (Fsp3) is 0.345. The minimum Gasteiger partial charge on any atom is -0.492 e. The lowest BCUT2D eigenvalue weighted by Crippen LogP contribution is -2.15. The van der Waals surface area contributed by atoms with E-state index in [4.69, 9.17) is 37.8 Å². The Balaban J connectivity index is 1.80. The molecule has 0 aliphatic carbocycles. The summed E-state index contributed by atoms with van der Waals surface area (Å²) in [6.07, 6.45) is 6.79. The smallest absolute Gasteiger partial charge is 0.331 e. The number of hydrogen-bond acceptors (Lipinski definition) is 6. The number of carbonyl (C=O) groups excluding carboxylic acids is 1. The minimum absolute atomic E-state index is 0.0675. The van der Waals surface area contributed by atoms with Gasteiger partial charge in [-0.3, -0.25) is 10.1 Å². The standard InChI is InChI=1S/C29H32Cl2N2O5S/c1-5-7-8-10-19(6-2)38-25-12-9-11-20(26(25)37-4)24-16-39-29(32-24)33-27(34)18-14-22(30)21(23(31)15-18)13-17(3)28(35)36/h9,11-16,19H,5-8,10H2,1-4H3,(H,35,36)(H,32,33,34)/b17-13+/t19-/m0/s1. The molecule has 0 unspecified atom stereocenters. The van der Waals surface area contributed by atoms with Gasteiger partial charge in [0.25, 0.3) is 5.91 Å². The fourth-order valence-corrected chi connectivity index (χ4v) is 5.23. The molecule has 0 bridgehead atoms. The van der Waals surface area contributed by atoms with Crippen LogP contribution in [0, 0.1) is 0 Å². The number of hydrogen-bond donors (Lipinski definition) is 2. The third-order valence-electron chi connectivity index (χ3n) is 6.10. The van der Waals surface area contributed by atoms with Crippen molar-refractivity contribution in [3.05, 3.63) is 62.5 Å². The van der Waals surface area contributed by atoms with E-state index in [0.717, 1.165) is 31.2 Å². The average Bonchev–Trinajstić information content (AvgIpc) is 3.37. The van der Waals surface area contributed by atoms with E-state index in [1.165, 1.54) is 42.9 Å². The number of aliphatic carboxylic acids is 1. The van der Waals surface area contributed by atoms with Crippen LogP contribution in [0.3, 0.4) is 0 Å². The first-order valence-electron chi connectivity index (χ1n) is 12.7. The number of para-hydroxylation sites is 1. The Kier molecular flexibility index (Phi) is 11.2. The number of amides is 1. The van der Waals surface area contributed by atoms with Crippen molar-refractivity contribution < 1.29 is 24.2 Å². The van der Waals surface area contributed by atoms with Gasteiger partial charge in [-0.15, -0.1) is 11.3 Å². The maximum absolute atomic E-state index is 12.9. The highest BCUT2D eigenvalue weighted by atomic mass is 35.5. The first kappa shape index (κ1) is 30.5. The second-order valence-electron chi connectivity index (χ2n) is 8.96. The van der Waals surface area contributed by atoms with Crippen LogP contribution in [0.15, 0.2) is 41.3 Å². The normalized spacial score (nSPS) is 12.2. The third-order valence-corrected chi connectivity index (χ3v) is 7.48. The number of carboxylic acid groups (broad SMARTS) is 1. The van der Waals surface area contributed by atoms with E-state index in [-0.39, 0.29) is 27.3 Å². The monoisotopic (exact) mass is 590 g/mol. The Morgan fingerprint density at radius 3 is 2.51 bits per heavy atom. The lowest BCUT2D eigenvalue weighted by atomic mass is 10.1. The van der Waals surface area contributed by atoms with E-state index in [1.807, 2.05) is 23.6 Å². The van der Waals surface area contributed by atoms with Gasteiger partial charge in [-0.05, 0) is 56.5 Å². The van der Waals surface area contributed by atoms with Crippen LogP contribution in [0.4, 0.5) is 5.13 Å². The number of methoxy groups -OCH3 is 1. The molecular weight excluding hydrogens is 559 g/mol. The van der Waals surface area contributed by atoms with E-state index in [0.29, 0.717) is 27.9 Å². The van der Waals surface area contributed by atoms with E-state index < -0.39 is 11.9 Å². The number of nitrogens with zero attached hydrogens (tertiary/aromatic N) is 1. The second kappa shape index (κ2) is 14.4. The molecule has 0 spiro atoms. The molecule has 1 atom stereocenters. The summed E-state index contributed by atoms with van der Waals surface area (Å²) in [7, 11) is 1.60. The Labute approximate surface area is 242 Å². The molecule has 208 valence electrons. The van der Waals surface area contributed by atoms with Gasteiger partial charge in [0, 0.05) is 27.6 Å². The number of rotatable bonds is 13. The quantitative estimate of drug-likeness (QED) is 0.153. The van der Waals surface area contributed by atoms with Crippen LogP contribution in [0.5, 0.6) is 11.5 Å². The fourth-order valence-electron chi connectivity index (χ4n) is 3.92. The molecule has 10 heteroatoms. The van der Waals surface area contributed by atoms with Crippen molar-refractivity contribution in [1.82, 2.24) is 4.98 Å². The number of anilines is 1. The summed E-state index contributed by atoms with van der Waals surface area (Å²) in [5.41, 5.74) is 2.01. The molecule has 3 aromatic rings. The maximum atomic E-state index is 12.9. The highest BCUT2D eigenvalue weighted by Gasteiger charge is 2.19. The van der Waals surface area contributed by atoms with Crippen molar-refractivity contribution in [2.24, 2.45) is 0 Å². The van der Waals surface area contributed by atoms with Crippen molar-refractivity contribution in [3.8, 4) is 22.8 Å². The first-order chi connectivity index (χ1) is 18.7. The number of carboxylic acids is 1. The largest absolute Gasteiger partial charge is 0.492 e. The topological polar surface area (TPSA) is 97.8 Å². The van der Waals surface area contributed by atoms with Crippen LogP contribution in [-0.4, -0.2) is 35.2 Å². The Bertz CT molecular complexity index is 1330. The summed E-state index contributed by atoms with van der Waals surface area (Å²) in [6, 6.07) is 8.56. The summed E-state index contributed by atoms with van der Waals surface area (Å²) >= 11 is 13.9. The highest BCUT2D eigenvalue weighted by Crippen LogP contribution is 2.40. The van der Waals surface area contributed by atoms with Crippen LogP contribution >= 0.6 is 34.5 Å². The lowest BCUT2D eigenvalue weighted by molar-refractivity contribution is -0.132. The molecule has 0 radical (unpaired) electrons. The van der Waals surface area contributed by atoms with Crippen molar-refractivity contribution in [2.45, 2.75) is 59.0 Å². The highest BCUT2D eigenvalue weighted by molar-refractivity contribution is 7.14. The summed E-state index contributed by atoms with van der Waals surface area (Å²) < 4.78 is 12.0. The lowest BCUT2D eigenvalue weighted by Gasteiger charge is -2.20. The van der Waals surface area contributed by atoms with Gasteiger partial charge in [0.15, 0.2) is 16.6 Å². The van der Waals surface area contributed by atoms with Gasteiger partial charge in [-0.1, -0.05) is 56.0 Å². The number of nitrogens with one attached hydrogen (secondary N) is 1. The summed E-state index contributed by atoms with van der Waals surface area (Å²) in [6.45, 7) is 5.73. The van der Waals surface area contributed by atoms with Crippen LogP contribution in [0.1, 0.15) is 68.8 Å². The van der Waals surface area contributed by atoms with Gasteiger partial charge < -0.3 is 14.6 Å².